The van der Waals surface area contributed by atoms with E-state index in [9.17, 15) is 9.59 Å². The summed E-state index contributed by atoms with van der Waals surface area (Å²) < 4.78 is 0. The molecule has 0 spiro atoms. The predicted octanol–water partition coefficient (Wildman–Crippen LogP) is -1.13. The first-order valence-corrected chi connectivity index (χ1v) is 4.39. The van der Waals surface area contributed by atoms with Gasteiger partial charge in [0.2, 0.25) is 0 Å². The molecule has 1 aromatic rings. The van der Waals surface area contributed by atoms with Gasteiger partial charge in [-0.2, -0.15) is 0 Å². The lowest BCUT2D eigenvalue weighted by molar-refractivity contribution is 0.0950. The van der Waals surface area contributed by atoms with Gasteiger partial charge in [-0.1, -0.05) is 0 Å². The quantitative estimate of drug-likeness (QED) is 0.581. The van der Waals surface area contributed by atoms with Gasteiger partial charge in [-0.05, 0) is 12.1 Å². The van der Waals surface area contributed by atoms with E-state index < -0.39 is 5.91 Å². The van der Waals surface area contributed by atoms with Crippen molar-refractivity contribution < 1.29 is 9.59 Å². The lowest BCUT2D eigenvalue weighted by Crippen LogP contribution is -2.29. The van der Waals surface area contributed by atoms with Crippen molar-refractivity contribution in [1.82, 2.24) is 10.3 Å². The molecule has 1 heterocycles. The Morgan fingerprint density at radius 1 is 1.40 bits per heavy atom. The lowest BCUT2D eigenvalue weighted by Gasteiger charge is -2.02. The minimum absolute atomic E-state index is 0.130. The molecular weight excluding hydrogens is 196 g/mol. The summed E-state index contributed by atoms with van der Waals surface area (Å²) in [6.45, 7) is 0.773. The van der Waals surface area contributed by atoms with Gasteiger partial charge in [0.05, 0.1) is 5.56 Å². The molecule has 0 saturated carbocycles. The Labute approximate surface area is 86.7 Å². The maximum atomic E-state index is 11.4. The lowest BCUT2D eigenvalue weighted by atomic mass is 10.2. The van der Waals surface area contributed by atoms with Gasteiger partial charge in [-0.25, -0.2) is 0 Å². The number of nitrogens with zero attached hydrogens (tertiary/aromatic N) is 1. The molecule has 0 radical (unpaired) electrons. The Morgan fingerprint density at radius 3 is 2.60 bits per heavy atom. The SMILES string of the molecule is NCCNC(=O)c1ccc(C(N)=O)nc1. The van der Waals surface area contributed by atoms with E-state index in [1.165, 1.54) is 18.3 Å². The molecule has 0 aliphatic carbocycles. The molecule has 2 amide bonds. The van der Waals surface area contributed by atoms with Gasteiger partial charge < -0.3 is 16.8 Å². The maximum Gasteiger partial charge on any atom is 0.267 e. The number of hydrogen-bond donors (Lipinski definition) is 3. The first-order chi connectivity index (χ1) is 7.15. The zero-order valence-electron chi connectivity index (χ0n) is 8.06. The van der Waals surface area contributed by atoms with Crippen LogP contribution in [0.3, 0.4) is 0 Å². The Morgan fingerprint density at radius 2 is 2.13 bits per heavy atom. The van der Waals surface area contributed by atoms with Crippen molar-refractivity contribution in [2.24, 2.45) is 11.5 Å². The number of aromatic nitrogens is 1. The average molecular weight is 208 g/mol. The molecule has 1 aromatic heterocycles. The van der Waals surface area contributed by atoms with Crippen molar-refractivity contribution in [3.8, 4) is 0 Å². The number of carbonyl (C=O) groups excluding carboxylic acids is 2. The summed E-state index contributed by atoms with van der Waals surface area (Å²) >= 11 is 0. The van der Waals surface area contributed by atoms with Gasteiger partial charge in [0, 0.05) is 19.3 Å². The number of nitrogens with one attached hydrogen (secondary N) is 1. The van der Waals surface area contributed by atoms with Crippen LogP contribution in [0.5, 0.6) is 0 Å². The van der Waals surface area contributed by atoms with E-state index >= 15 is 0 Å². The summed E-state index contributed by atoms with van der Waals surface area (Å²) in [6.07, 6.45) is 1.30. The van der Waals surface area contributed by atoms with Crippen LogP contribution in [-0.2, 0) is 0 Å². The van der Waals surface area contributed by atoms with E-state index in [2.05, 4.69) is 10.3 Å². The minimum Gasteiger partial charge on any atom is -0.364 e. The van der Waals surface area contributed by atoms with Crippen LogP contribution in [0.4, 0.5) is 0 Å². The van der Waals surface area contributed by atoms with Gasteiger partial charge in [-0.15, -0.1) is 0 Å². The number of carbonyl (C=O) groups is 2. The summed E-state index contributed by atoms with van der Waals surface area (Å²) in [4.78, 5) is 25.8. The monoisotopic (exact) mass is 208 g/mol. The molecule has 6 heteroatoms. The van der Waals surface area contributed by atoms with Crippen molar-refractivity contribution in [2.75, 3.05) is 13.1 Å². The Bertz CT molecular complexity index is 361. The van der Waals surface area contributed by atoms with Gasteiger partial charge in [-0.3, -0.25) is 14.6 Å². The number of nitrogens with two attached hydrogens (primary N) is 2. The highest BCUT2D eigenvalue weighted by Gasteiger charge is 2.06. The smallest absolute Gasteiger partial charge is 0.267 e. The topological polar surface area (TPSA) is 111 Å². The minimum atomic E-state index is -0.621. The van der Waals surface area contributed by atoms with E-state index in [0.29, 0.717) is 18.7 Å². The molecule has 0 unspecified atom stereocenters. The van der Waals surface area contributed by atoms with Crippen molar-refractivity contribution in [2.45, 2.75) is 0 Å². The molecule has 1 rings (SSSR count). The molecule has 0 atom stereocenters. The Kier molecular flexibility index (Phi) is 3.75. The van der Waals surface area contributed by atoms with Crippen LogP contribution >= 0.6 is 0 Å². The second-order valence-corrected chi connectivity index (χ2v) is 2.84. The molecule has 0 aliphatic rings. The van der Waals surface area contributed by atoms with Crippen LogP contribution in [0, 0.1) is 0 Å². The van der Waals surface area contributed by atoms with E-state index in [0.717, 1.165) is 0 Å². The van der Waals surface area contributed by atoms with Crippen LogP contribution in [-0.4, -0.2) is 29.9 Å². The van der Waals surface area contributed by atoms with E-state index in [-0.39, 0.29) is 11.6 Å². The molecule has 0 fully saturated rings. The van der Waals surface area contributed by atoms with Crippen molar-refractivity contribution >= 4 is 11.8 Å². The van der Waals surface area contributed by atoms with Crippen LogP contribution in [0.15, 0.2) is 18.3 Å². The Balaban J connectivity index is 2.71. The van der Waals surface area contributed by atoms with Crippen molar-refractivity contribution in [3.63, 3.8) is 0 Å². The number of primary amides is 1. The van der Waals surface area contributed by atoms with Gasteiger partial charge >= 0.3 is 0 Å². The highest BCUT2D eigenvalue weighted by molar-refractivity contribution is 5.95. The van der Waals surface area contributed by atoms with Crippen LogP contribution in [0.25, 0.3) is 0 Å². The zero-order valence-corrected chi connectivity index (χ0v) is 8.06. The molecule has 0 aliphatic heterocycles. The molecule has 15 heavy (non-hydrogen) atoms. The summed E-state index contributed by atoms with van der Waals surface area (Å²) in [6, 6.07) is 2.89. The molecule has 0 saturated heterocycles. The van der Waals surface area contributed by atoms with Crippen LogP contribution in [0.2, 0.25) is 0 Å². The first-order valence-electron chi connectivity index (χ1n) is 4.39. The molecule has 6 nitrogen and oxygen atoms in total. The average Bonchev–Trinajstić information content (AvgIpc) is 2.26. The third kappa shape index (κ3) is 3.03. The summed E-state index contributed by atoms with van der Waals surface area (Å²) in [5.41, 5.74) is 10.7. The first kappa shape index (κ1) is 11.1. The second-order valence-electron chi connectivity index (χ2n) is 2.84. The highest BCUT2D eigenvalue weighted by atomic mass is 16.2. The number of pyridine rings is 1. The van der Waals surface area contributed by atoms with Gasteiger partial charge in [0.15, 0.2) is 0 Å². The standard InChI is InChI=1S/C9H12N4O2/c10-3-4-12-9(15)6-1-2-7(8(11)14)13-5-6/h1-2,5H,3-4,10H2,(H2,11,14)(H,12,15). The number of amides is 2. The van der Waals surface area contributed by atoms with E-state index in [1.807, 2.05) is 0 Å². The normalized spacial score (nSPS) is 9.67. The predicted molar refractivity (Wildman–Crippen MR) is 54.1 cm³/mol. The summed E-state index contributed by atoms with van der Waals surface area (Å²) in [5.74, 6) is -0.895. The molecule has 0 aromatic carbocycles. The second kappa shape index (κ2) is 5.06. The summed E-state index contributed by atoms with van der Waals surface area (Å²) in [5, 5.41) is 2.58. The number of hydrogen-bond acceptors (Lipinski definition) is 4. The van der Waals surface area contributed by atoms with E-state index in [1.54, 1.807) is 0 Å². The highest BCUT2D eigenvalue weighted by Crippen LogP contribution is 1.99. The zero-order chi connectivity index (χ0) is 11.3. The number of rotatable bonds is 4. The van der Waals surface area contributed by atoms with Crippen molar-refractivity contribution in [1.29, 1.82) is 0 Å². The molecular formula is C9H12N4O2. The molecule has 80 valence electrons. The fourth-order valence-electron chi connectivity index (χ4n) is 0.962. The largest absolute Gasteiger partial charge is 0.364 e. The Hall–Kier alpha value is -1.95. The van der Waals surface area contributed by atoms with E-state index in [4.69, 9.17) is 11.5 Å². The molecule has 0 bridgehead atoms. The maximum absolute atomic E-state index is 11.4. The molecule has 5 N–H and O–H groups in total. The van der Waals surface area contributed by atoms with Crippen LogP contribution < -0.4 is 16.8 Å². The van der Waals surface area contributed by atoms with Crippen LogP contribution in [0.1, 0.15) is 20.8 Å². The third-order valence-corrected chi connectivity index (χ3v) is 1.71. The third-order valence-electron chi connectivity index (χ3n) is 1.71. The fraction of sp³-hybridized carbons (Fsp3) is 0.222. The van der Waals surface area contributed by atoms with Crippen molar-refractivity contribution in [3.05, 3.63) is 29.6 Å². The summed E-state index contributed by atoms with van der Waals surface area (Å²) in [7, 11) is 0. The van der Waals surface area contributed by atoms with Gasteiger partial charge in [0.25, 0.3) is 11.8 Å². The fourth-order valence-corrected chi connectivity index (χ4v) is 0.962. The van der Waals surface area contributed by atoms with Gasteiger partial charge in [0.1, 0.15) is 5.69 Å².